The summed E-state index contributed by atoms with van der Waals surface area (Å²) in [6, 6.07) is -0.261. The third-order valence-electron chi connectivity index (χ3n) is 3.55. The zero-order valence-electron chi connectivity index (χ0n) is 13.4. The number of esters is 1. The Balaban J connectivity index is 2.10. The van der Waals surface area contributed by atoms with E-state index in [4.69, 9.17) is 8.92 Å². The van der Waals surface area contributed by atoms with Gasteiger partial charge in [-0.1, -0.05) is 0 Å². The lowest BCUT2D eigenvalue weighted by Crippen LogP contribution is -2.14. The maximum absolute atomic E-state index is 12.1. The first kappa shape index (κ1) is 16.4. The minimum absolute atomic E-state index is 0.254. The van der Waals surface area contributed by atoms with Gasteiger partial charge in [0, 0.05) is 18.8 Å². The summed E-state index contributed by atoms with van der Waals surface area (Å²) >= 11 is 0. The Morgan fingerprint density at radius 2 is 2.12 bits per heavy atom. The Labute approximate surface area is 138 Å². The molecule has 24 heavy (non-hydrogen) atoms. The molecule has 9 nitrogen and oxygen atoms in total. The molecular weight excluding hydrogens is 336 g/mol. The fourth-order valence-corrected chi connectivity index (χ4v) is 3.03. The Kier molecular flexibility index (Phi) is 3.99. The molecule has 0 unspecified atom stereocenters. The molecule has 1 aliphatic rings. The maximum atomic E-state index is 12.1. The zero-order chi connectivity index (χ0) is 17.5. The first-order valence-corrected chi connectivity index (χ1v) is 9.10. The summed E-state index contributed by atoms with van der Waals surface area (Å²) in [5.74, 6) is -0.487. The predicted molar refractivity (Wildman–Crippen MR) is 83.1 cm³/mol. The number of ether oxygens (including phenoxy) is 1. The lowest BCUT2D eigenvalue weighted by molar-refractivity contribution is 0.0517. The molecule has 0 saturated carbocycles. The van der Waals surface area contributed by atoms with E-state index in [9.17, 15) is 13.2 Å². The molecule has 128 valence electrons. The smallest absolute Gasteiger partial charge is 0.359 e. The van der Waals surface area contributed by atoms with E-state index in [1.165, 1.54) is 10.9 Å². The lowest BCUT2D eigenvalue weighted by Gasteiger charge is -2.16. The molecular formula is C14H16N4O5S. The van der Waals surface area contributed by atoms with Gasteiger partial charge in [0.05, 0.1) is 24.3 Å². The third kappa shape index (κ3) is 2.96. The van der Waals surface area contributed by atoms with E-state index in [0.29, 0.717) is 24.2 Å². The number of carbonyl (C=O) groups is 1. The molecule has 0 aliphatic heterocycles. The number of rotatable bonds is 4. The first-order valence-electron chi connectivity index (χ1n) is 7.29. The van der Waals surface area contributed by atoms with Crippen molar-refractivity contribution in [3.05, 3.63) is 23.0 Å². The molecule has 0 N–H and O–H groups in total. The van der Waals surface area contributed by atoms with Crippen molar-refractivity contribution in [1.29, 1.82) is 0 Å². The number of carbonyl (C=O) groups excluding carboxylic acids is 1. The second kappa shape index (κ2) is 5.86. The van der Waals surface area contributed by atoms with E-state index in [-0.39, 0.29) is 18.3 Å². The van der Waals surface area contributed by atoms with Crippen LogP contribution in [0.5, 0.6) is 6.01 Å². The van der Waals surface area contributed by atoms with Crippen LogP contribution in [0.3, 0.4) is 0 Å². The van der Waals surface area contributed by atoms with Crippen molar-refractivity contribution >= 4 is 16.1 Å². The molecule has 0 atom stereocenters. The second-order valence-electron chi connectivity index (χ2n) is 5.33. The molecule has 0 saturated heterocycles. The largest absolute Gasteiger partial charge is 0.461 e. The van der Waals surface area contributed by atoms with Crippen LogP contribution < -0.4 is 4.18 Å². The highest BCUT2D eigenvalue weighted by Gasteiger charge is 2.29. The van der Waals surface area contributed by atoms with Crippen LogP contribution in [0.15, 0.2) is 6.20 Å². The van der Waals surface area contributed by atoms with Crippen molar-refractivity contribution in [3.63, 3.8) is 0 Å². The number of hydrogen-bond donors (Lipinski definition) is 0. The Morgan fingerprint density at radius 3 is 2.79 bits per heavy atom. The van der Waals surface area contributed by atoms with Gasteiger partial charge in [0.25, 0.3) is 0 Å². The van der Waals surface area contributed by atoms with Crippen molar-refractivity contribution < 1.29 is 22.1 Å². The van der Waals surface area contributed by atoms with Gasteiger partial charge in [0.15, 0.2) is 5.69 Å². The van der Waals surface area contributed by atoms with E-state index in [2.05, 4.69) is 15.1 Å². The first-order chi connectivity index (χ1) is 11.3. The zero-order valence-corrected chi connectivity index (χ0v) is 14.3. The van der Waals surface area contributed by atoms with Gasteiger partial charge >= 0.3 is 22.1 Å². The van der Waals surface area contributed by atoms with E-state index in [0.717, 1.165) is 17.4 Å². The summed E-state index contributed by atoms with van der Waals surface area (Å²) in [4.78, 5) is 20.2. The average molecular weight is 352 g/mol. The van der Waals surface area contributed by atoms with Gasteiger partial charge in [-0.05, 0) is 25.3 Å². The van der Waals surface area contributed by atoms with Crippen molar-refractivity contribution in [1.82, 2.24) is 19.7 Å². The average Bonchev–Trinajstić information content (AvgIpc) is 2.83. The van der Waals surface area contributed by atoms with Gasteiger partial charge in [-0.2, -0.15) is 18.5 Å². The highest BCUT2D eigenvalue weighted by Crippen LogP contribution is 2.34. The molecule has 1 aliphatic carbocycles. The van der Waals surface area contributed by atoms with Crippen LogP contribution in [-0.4, -0.2) is 47.0 Å². The van der Waals surface area contributed by atoms with Crippen LogP contribution in [0, 0.1) is 0 Å². The number of fused-ring (bicyclic) bond motifs is 3. The summed E-state index contributed by atoms with van der Waals surface area (Å²) in [5, 5.41) is 4.24. The number of hydrogen-bond acceptors (Lipinski definition) is 8. The van der Waals surface area contributed by atoms with Crippen molar-refractivity contribution in [3.8, 4) is 17.4 Å². The minimum Gasteiger partial charge on any atom is -0.461 e. The minimum atomic E-state index is -3.73. The number of aryl methyl sites for hydroxylation is 2. The van der Waals surface area contributed by atoms with E-state index in [1.54, 1.807) is 14.0 Å². The summed E-state index contributed by atoms with van der Waals surface area (Å²) in [7, 11) is -2.04. The molecule has 0 radical (unpaired) electrons. The van der Waals surface area contributed by atoms with Crippen LogP contribution in [0.1, 0.15) is 28.5 Å². The topological polar surface area (TPSA) is 113 Å². The molecule has 0 spiro atoms. The Hall–Kier alpha value is -2.49. The molecule has 2 heterocycles. The van der Waals surface area contributed by atoms with Crippen molar-refractivity contribution in [2.45, 2.75) is 19.8 Å². The number of aromatic nitrogens is 4. The normalized spacial score (nSPS) is 13.1. The van der Waals surface area contributed by atoms with Crippen LogP contribution in [0.2, 0.25) is 0 Å². The monoisotopic (exact) mass is 352 g/mol. The van der Waals surface area contributed by atoms with Gasteiger partial charge in [-0.15, -0.1) is 0 Å². The van der Waals surface area contributed by atoms with E-state index < -0.39 is 16.1 Å². The fraction of sp³-hybridized carbons (Fsp3) is 0.429. The third-order valence-corrected chi connectivity index (χ3v) is 4.00. The number of nitrogens with zero attached hydrogens (tertiary/aromatic N) is 4. The molecule has 0 bridgehead atoms. The molecule has 10 heteroatoms. The Morgan fingerprint density at radius 1 is 1.38 bits per heavy atom. The standard InChI is InChI=1S/C14H16N4O5S/c1-4-22-13(19)11-9-6-5-8-7-15-14(23-24(3,20)21)16-10(8)12(9)18(2)17-11/h7H,4-6H2,1-3H3. The van der Waals surface area contributed by atoms with Gasteiger partial charge in [-0.25, -0.2) is 9.78 Å². The molecule has 0 aromatic carbocycles. The summed E-state index contributed by atoms with van der Waals surface area (Å²) in [5.41, 5.74) is 2.97. The van der Waals surface area contributed by atoms with E-state index >= 15 is 0 Å². The van der Waals surface area contributed by atoms with Crippen LogP contribution in [-0.2, 0) is 34.7 Å². The summed E-state index contributed by atoms with van der Waals surface area (Å²) < 4.78 is 33.8. The van der Waals surface area contributed by atoms with Gasteiger partial charge in [0.2, 0.25) is 0 Å². The predicted octanol–water partition coefficient (Wildman–Crippen LogP) is 0.491. The van der Waals surface area contributed by atoms with Crippen molar-refractivity contribution in [2.75, 3.05) is 12.9 Å². The second-order valence-corrected chi connectivity index (χ2v) is 6.91. The van der Waals surface area contributed by atoms with E-state index in [1.807, 2.05) is 0 Å². The van der Waals surface area contributed by atoms with Crippen molar-refractivity contribution in [2.24, 2.45) is 7.05 Å². The quantitative estimate of drug-likeness (QED) is 0.577. The van der Waals surface area contributed by atoms with Crippen LogP contribution in [0.25, 0.3) is 11.4 Å². The highest BCUT2D eigenvalue weighted by molar-refractivity contribution is 7.86. The van der Waals surface area contributed by atoms with Gasteiger partial charge in [-0.3, -0.25) is 4.68 Å². The maximum Gasteiger partial charge on any atom is 0.359 e. The molecule has 0 fully saturated rings. The SMILES string of the molecule is CCOC(=O)c1nn(C)c2c1CCc1cnc(OS(C)(=O)=O)nc1-2. The fourth-order valence-electron chi connectivity index (χ4n) is 2.68. The molecule has 0 amide bonds. The summed E-state index contributed by atoms with van der Waals surface area (Å²) in [6.45, 7) is 1.99. The molecule has 2 aromatic rings. The Bertz CT molecular complexity index is 919. The highest BCUT2D eigenvalue weighted by atomic mass is 32.2. The summed E-state index contributed by atoms with van der Waals surface area (Å²) in [6.07, 6.45) is 3.66. The molecule has 2 aromatic heterocycles. The van der Waals surface area contributed by atoms with Gasteiger partial charge < -0.3 is 8.92 Å². The lowest BCUT2D eigenvalue weighted by atomic mass is 9.93. The van der Waals surface area contributed by atoms with Crippen LogP contribution in [0.4, 0.5) is 0 Å². The van der Waals surface area contributed by atoms with Gasteiger partial charge in [0.1, 0.15) is 0 Å². The molecule has 3 rings (SSSR count). The van der Waals surface area contributed by atoms with Crippen LogP contribution >= 0.6 is 0 Å².